The fourth-order valence-corrected chi connectivity index (χ4v) is 4.10. The number of nitrogens with zero attached hydrogens (tertiary/aromatic N) is 2. The second-order valence-electron chi connectivity index (χ2n) is 6.46. The molecule has 1 saturated carbocycles. The molecule has 24 heavy (non-hydrogen) atoms. The Kier molecular flexibility index (Phi) is 4.10. The number of rotatable bonds is 6. The molecule has 0 saturated heterocycles. The van der Waals surface area contributed by atoms with Gasteiger partial charge in [0.15, 0.2) is 0 Å². The van der Waals surface area contributed by atoms with Gasteiger partial charge in [0, 0.05) is 42.7 Å². The maximum absolute atomic E-state index is 12.9. The second kappa shape index (κ2) is 6.40. The van der Waals surface area contributed by atoms with Crippen molar-refractivity contribution >= 4 is 28.3 Å². The van der Waals surface area contributed by atoms with Crippen LogP contribution in [0.25, 0.3) is 21.5 Å². The van der Waals surface area contributed by atoms with Crippen molar-refractivity contribution in [1.29, 1.82) is 0 Å². The zero-order valence-electron chi connectivity index (χ0n) is 13.8. The third-order valence-corrected chi connectivity index (χ3v) is 5.61. The van der Waals surface area contributed by atoms with Gasteiger partial charge in [-0.15, -0.1) is 11.3 Å². The van der Waals surface area contributed by atoms with Crippen molar-refractivity contribution < 1.29 is 6.22 Å². The number of carbonyl (C=O) groups is 1. The molecule has 5 heteroatoms. The van der Waals surface area contributed by atoms with Crippen LogP contribution >= 0.6 is 11.3 Å². The van der Waals surface area contributed by atoms with Crippen LogP contribution in [0.3, 0.4) is 0 Å². The molecule has 1 aliphatic carbocycles. The Morgan fingerprint density at radius 3 is 3.04 bits per heavy atom. The summed E-state index contributed by atoms with van der Waals surface area (Å²) in [7, 11) is 0. The zero-order chi connectivity index (χ0) is 16.5. The summed E-state index contributed by atoms with van der Waals surface area (Å²) in [5.74, 6) is 0.902. The van der Waals surface area contributed by atoms with Crippen LogP contribution < -0.4 is 0 Å². The van der Waals surface area contributed by atoms with Crippen LogP contribution in [0.4, 0.5) is 0 Å². The number of pyridine rings is 1. The van der Waals surface area contributed by atoms with Crippen LogP contribution in [-0.2, 0) is 0 Å². The highest BCUT2D eigenvalue weighted by Gasteiger charge is 2.27. The highest BCUT2D eigenvalue weighted by molar-refractivity contribution is 7.17. The average molecular weight is 341 g/mol. The summed E-state index contributed by atoms with van der Waals surface area (Å²) in [4.78, 5) is 24.3. The maximum atomic E-state index is 12.9. The van der Waals surface area contributed by atoms with E-state index in [0.29, 0.717) is 0 Å². The molecule has 1 fully saturated rings. The van der Waals surface area contributed by atoms with Gasteiger partial charge in [0.2, 0.25) is 0 Å². The number of aromatic nitrogens is 2. The number of nitrogens with one attached hydrogen (secondary N) is 1. The van der Waals surface area contributed by atoms with Gasteiger partial charge in [-0.05, 0) is 49.4 Å². The van der Waals surface area contributed by atoms with Crippen LogP contribution in [0.2, 0.25) is 0 Å². The number of fused-ring (bicyclic) bond motifs is 1. The maximum Gasteiger partial charge on any atom is 0.263 e. The first kappa shape index (κ1) is 15.4. The molecule has 4 rings (SSSR count). The Hall–Kier alpha value is -2.14. The molecule has 1 aliphatic rings. The lowest BCUT2D eigenvalue weighted by Crippen LogP contribution is -2.33. The summed E-state index contributed by atoms with van der Waals surface area (Å²) in [5.41, 5.74) is 2.02. The Morgan fingerprint density at radius 1 is 1.38 bits per heavy atom. The first-order valence-corrected chi connectivity index (χ1v) is 9.39. The summed E-state index contributed by atoms with van der Waals surface area (Å²) >= 11 is 1.58. The molecule has 3 aromatic rings. The largest absolute Gasteiger partial charge is 0.346 e. The number of aromatic amines is 1. The molecule has 1 amide bonds. The molecule has 0 unspecified atom stereocenters. The van der Waals surface area contributed by atoms with Gasteiger partial charge in [0.1, 0.15) is 5.65 Å². The van der Waals surface area contributed by atoms with Gasteiger partial charge in [-0.2, -0.15) is 0 Å². The topological polar surface area (TPSA) is 49.0 Å². The lowest BCUT2D eigenvalue weighted by Gasteiger charge is -2.21. The zero-order valence-corrected chi connectivity index (χ0v) is 14.6. The summed E-state index contributed by atoms with van der Waals surface area (Å²) in [5, 5.41) is 1.10. The molecule has 4 nitrogen and oxygen atoms in total. The van der Waals surface area contributed by atoms with Crippen LogP contribution in [-0.4, -0.2) is 33.9 Å². The van der Waals surface area contributed by atoms with Crippen LogP contribution in [0, 0.1) is 5.92 Å². The highest BCUT2D eigenvalue weighted by Crippen LogP contribution is 2.34. The summed E-state index contributed by atoms with van der Waals surface area (Å²) in [6, 6.07) is 8.08. The van der Waals surface area contributed by atoms with Crippen molar-refractivity contribution in [3.8, 4) is 10.4 Å². The fourth-order valence-electron chi connectivity index (χ4n) is 3.09. The molecule has 126 valence electrons. The predicted molar refractivity (Wildman–Crippen MR) is 100 cm³/mol. The smallest absolute Gasteiger partial charge is 0.263 e. The predicted octanol–water partition coefficient (Wildman–Crippen LogP) is 4.80. The lowest BCUT2D eigenvalue weighted by atomic mass is 10.1. The van der Waals surface area contributed by atoms with Gasteiger partial charge >= 0.3 is 0 Å². The fraction of sp³-hybridized carbons (Fsp3) is 0.368. The van der Waals surface area contributed by atoms with E-state index in [1.807, 2.05) is 35.5 Å². The summed E-state index contributed by atoms with van der Waals surface area (Å²) < 4.78 is 0. The first-order chi connectivity index (χ1) is 11.8. The van der Waals surface area contributed by atoms with Gasteiger partial charge in [0.05, 0.1) is 4.88 Å². The molecule has 0 atom stereocenters. The molecular formula is C19H23N3OS. The standard InChI is InChI=1S/C19H21N3OS.H2/c1-2-11-22(12-13-3-4-13)19(23)17-6-5-16(24-17)14-7-9-20-18-15(14)8-10-21-18;/h5-10,13H,2-4,11-12H2,1H3,(H,20,21);1H. The number of amides is 1. The first-order valence-electron chi connectivity index (χ1n) is 8.58. The number of H-pyrrole nitrogens is 1. The second-order valence-corrected chi connectivity index (χ2v) is 7.54. The van der Waals surface area contributed by atoms with E-state index in [-0.39, 0.29) is 7.33 Å². The monoisotopic (exact) mass is 341 g/mol. The van der Waals surface area contributed by atoms with Gasteiger partial charge < -0.3 is 9.88 Å². The Labute approximate surface area is 147 Å². The van der Waals surface area contributed by atoms with E-state index in [1.54, 1.807) is 11.3 Å². The number of hydrogen-bond donors (Lipinski definition) is 1. The van der Waals surface area contributed by atoms with Crippen LogP contribution in [0.1, 0.15) is 37.3 Å². The van der Waals surface area contributed by atoms with Crippen molar-refractivity contribution in [2.75, 3.05) is 13.1 Å². The van der Waals surface area contributed by atoms with Crippen LogP contribution in [0.5, 0.6) is 0 Å². The number of hydrogen-bond acceptors (Lipinski definition) is 3. The van der Waals surface area contributed by atoms with Crippen LogP contribution in [0.15, 0.2) is 36.7 Å². The quantitative estimate of drug-likeness (QED) is 0.700. The van der Waals surface area contributed by atoms with Gasteiger partial charge in [-0.1, -0.05) is 6.92 Å². The Bertz CT molecular complexity index is 868. The van der Waals surface area contributed by atoms with E-state index in [9.17, 15) is 4.79 Å². The van der Waals surface area contributed by atoms with Crippen molar-refractivity contribution in [2.45, 2.75) is 26.2 Å². The molecule has 3 aromatic heterocycles. The Balaban J connectivity index is 0.00000182. The third-order valence-electron chi connectivity index (χ3n) is 4.50. The van der Waals surface area contributed by atoms with E-state index in [4.69, 9.17) is 0 Å². The van der Waals surface area contributed by atoms with E-state index >= 15 is 0 Å². The molecule has 1 N–H and O–H groups in total. The molecule has 3 heterocycles. The summed E-state index contributed by atoms with van der Waals surface area (Å²) in [6.07, 6.45) is 7.26. The molecule has 0 radical (unpaired) electrons. The molecule has 0 aromatic carbocycles. The normalized spacial score (nSPS) is 14.2. The minimum Gasteiger partial charge on any atom is -0.346 e. The number of thiophene rings is 1. The van der Waals surface area contributed by atoms with E-state index < -0.39 is 0 Å². The Morgan fingerprint density at radius 2 is 2.25 bits per heavy atom. The van der Waals surface area contributed by atoms with E-state index in [1.165, 1.54) is 12.8 Å². The van der Waals surface area contributed by atoms with Crippen molar-refractivity contribution in [2.24, 2.45) is 5.92 Å². The molecule has 0 aliphatic heterocycles. The SMILES string of the molecule is CCCN(CC1CC1)C(=O)c1ccc(-c2ccnc3[nH]ccc23)s1.[HH]. The van der Waals surface area contributed by atoms with Crippen molar-refractivity contribution in [3.05, 3.63) is 41.5 Å². The minimum atomic E-state index is 0. The van der Waals surface area contributed by atoms with E-state index in [0.717, 1.165) is 51.8 Å². The molecule has 0 bridgehead atoms. The molecular weight excluding hydrogens is 318 g/mol. The van der Waals surface area contributed by atoms with Crippen molar-refractivity contribution in [3.63, 3.8) is 0 Å². The van der Waals surface area contributed by atoms with E-state index in [2.05, 4.69) is 23.0 Å². The summed E-state index contributed by atoms with van der Waals surface area (Å²) in [6.45, 7) is 3.89. The molecule has 0 spiro atoms. The third kappa shape index (κ3) is 2.96. The lowest BCUT2D eigenvalue weighted by molar-refractivity contribution is 0.0752. The van der Waals surface area contributed by atoms with Gasteiger partial charge in [-0.25, -0.2) is 4.98 Å². The van der Waals surface area contributed by atoms with Crippen molar-refractivity contribution in [1.82, 2.24) is 14.9 Å². The average Bonchev–Trinajstić information content (AvgIpc) is 3.10. The van der Waals surface area contributed by atoms with Gasteiger partial charge in [-0.3, -0.25) is 4.79 Å². The number of carbonyl (C=O) groups excluding carboxylic acids is 1. The minimum absolute atomic E-state index is 0. The highest BCUT2D eigenvalue weighted by atomic mass is 32.1. The van der Waals surface area contributed by atoms with Gasteiger partial charge in [0.25, 0.3) is 5.91 Å².